The first-order valence-electron chi connectivity index (χ1n) is 10.2. The van der Waals surface area contributed by atoms with Gasteiger partial charge in [0.25, 0.3) is 0 Å². The molecule has 1 aliphatic heterocycles. The number of hydrogen-bond acceptors (Lipinski definition) is 3. The molecule has 3 nitrogen and oxygen atoms in total. The van der Waals surface area contributed by atoms with Crippen molar-refractivity contribution < 1.29 is 4.74 Å². The molecule has 0 amide bonds. The van der Waals surface area contributed by atoms with Crippen LogP contribution in [0.15, 0.2) is 18.2 Å². The fourth-order valence-corrected chi connectivity index (χ4v) is 4.95. The van der Waals surface area contributed by atoms with E-state index < -0.39 is 0 Å². The van der Waals surface area contributed by atoms with Gasteiger partial charge in [0, 0.05) is 29.6 Å². The second-order valence-corrected chi connectivity index (χ2v) is 9.67. The van der Waals surface area contributed by atoms with E-state index in [1.54, 1.807) is 7.11 Å². The third kappa shape index (κ3) is 4.74. The van der Waals surface area contributed by atoms with E-state index in [1.807, 2.05) is 0 Å². The van der Waals surface area contributed by atoms with Gasteiger partial charge in [-0.25, -0.2) is 0 Å². The molecule has 146 valence electrons. The molecule has 0 aromatic heterocycles. The normalized spacial score (nSPS) is 29.7. The molecule has 0 bridgehead atoms. The number of halogens is 1. The third-order valence-corrected chi connectivity index (χ3v) is 6.53. The van der Waals surface area contributed by atoms with Crippen molar-refractivity contribution >= 4 is 11.6 Å². The fourth-order valence-electron chi connectivity index (χ4n) is 4.57. The summed E-state index contributed by atoms with van der Waals surface area (Å²) in [6.07, 6.45) is 6.10. The average molecular weight is 379 g/mol. The largest absolute Gasteiger partial charge is 0.496 e. The summed E-state index contributed by atoms with van der Waals surface area (Å²) < 4.78 is 5.61. The van der Waals surface area contributed by atoms with E-state index in [2.05, 4.69) is 49.6 Å². The van der Waals surface area contributed by atoms with Gasteiger partial charge < -0.3 is 15.4 Å². The van der Waals surface area contributed by atoms with Crippen LogP contribution < -0.4 is 15.4 Å². The van der Waals surface area contributed by atoms with E-state index in [-0.39, 0.29) is 5.41 Å². The van der Waals surface area contributed by atoms with E-state index in [0.717, 1.165) is 25.3 Å². The summed E-state index contributed by atoms with van der Waals surface area (Å²) in [7, 11) is 1.76. The van der Waals surface area contributed by atoms with Crippen LogP contribution in [0.1, 0.15) is 64.0 Å². The quantitative estimate of drug-likeness (QED) is 0.734. The van der Waals surface area contributed by atoms with Crippen LogP contribution in [-0.2, 0) is 12.0 Å². The van der Waals surface area contributed by atoms with Crippen molar-refractivity contribution in [2.75, 3.05) is 13.7 Å². The lowest BCUT2D eigenvalue weighted by molar-refractivity contribution is 0.258. The average Bonchev–Trinajstić information content (AvgIpc) is 3.07. The Morgan fingerprint density at radius 3 is 2.73 bits per heavy atom. The van der Waals surface area contributed by atoms with Gasteiger partial charge in [0.15, 0.2) is 0 Å². The van der Waals surface area contributed by atoms with Gasteiger partial charge in [-0.15, -0.1) is 11.6 Å². The molecule has 1 aromatic rings. The fraction of sp³-hybridized carbons (Fsp3) is 0.727. The highest BCUT2D eigenvalue weighted by molar-refractivity contribution is 6.20. The molecule has 1 saturated carbocycles. The van der Waals surface area contributed by atoms with Crippen LogP contribution in [0.5, 0.6) is 5.75 Å². The molecule has 4 heteroatoms. The topological polar surface area (TPSA) is 33.3 Å². The molecular formula is C22H35ClN2O. The van der Waals surface area contributed by atoms with Crippen LogP contribution in [0, 0.1) is 5.92 Å². The zero-order valence-electron chi connectivity index (χ0n) is 16.8. The summed E-state index contributed by atoms with van der Waals surface area (Å²) in [5.74, 6) is 1.68. The molecule has 1 aliphatic carbocycles. The summed E-state index contributed by atoms with van der Waals surface area (Å²) in [5.41, 5.74) is 2.76. The van der Waals surface area contributed by atoms with Crippen LogP contribution in [0.4, 0.5) is 0 Å². The van der Waals surface area contributed by atoms with E-state index in [9.17, 15) is 0 Å². The molecule has 0 spiro atoms. The number of rotatable bonds is 5. The molecule has 1 heterocycles. The number of nitrogens with one attached hydrogen (secondary N) is 2. The minimum Gasteiger partial charge on any atom is -0.496 e. The van der Waals surface area contributed by atoms with Crippen molar-refractivity contribution in [3.8, 4) is 5.75 Å². The van der Waals surface area contributed by atoms with Gasteiger partial charge in [-0.2, -0.15) is 0 Å². The zero-order valence-corrected chi connectivity index (χ0v) is 17.5. The smallest absolute Gasteiger partial charge is 0.123 e. The highest BCUT2D eigenvalue weighted by Gasteiger charge is 2.35. The summed E-state index contributed by atoms with van der Waals surface area (Å²) in [4.78, 5) is 0. The molecule has 1 saturated heterocycles. The Morgan fingerprint density at radius 1 is 1.23 bits per heavy atom. The maximum Gasteiger partial charge on any atom is 0.123 e. The predicted molar refractivity (Wildman–Crippen MR) is 110 cm³/mol. The number of hydrogen-bond donors (Lipinski definition) is 2. The Morgan fingerprint density at radius 2 is 2.04 bits per heavy atom. The molecule has 26 heavy (non-hydrogen) atoms. The summed E-state index contributed by atoms with van der Waals surface area (Å²) in [6, 6.07) is 7.67. The SMILES string of the molecule is COc1ccc(C(C)(C)C)cc1CN[C@H]1CCN[C@H]1[C@H]1CCCC(Cl)C1. The van der Waals surface area contributed by atoms with Crippen molar-refractivity contribution in [1.29, 1.82) is 0 Å². The lowest BCUT2D eigenvalue weighted by Gasteiger charge is -2.34. The number of alkyl halides is 1. The summed E-state index contributed by atoms with van der Waals surface area (Å²) in [5, 5.41) is 7.93. The van der Waals surface area contributed by atoms with Gasteiger partial charge in [-0.3, -0.25) is 0 Å². The second-order valence-electron chi connectivity index (χ2n) is 9.06. The lowest BCUT2D eigenvalue weighted by atomic mass is 9.81. The van der Waals surface area contributed by atoms with Crippen LogP contribution in [0.3, 0.4) is 0 Å². The number of benzene rings is 1. The van der Waals surface area contributed by atoms with Gasteiger partial charge in [0.2, 0.25) is 0 Å². The monoisotopic (exact) mass is 378 g/mol. The molecular weight excluding hydrogens is 344 g/mol. The lowest BCUT2D eigenvalue weighted by Crippen LogP contribution is -2.46. The minimum atomic E-state index is 0.149. The Bertz CT molecular complexity index is 598. The van der Waals surface area contributed by atoms with Gasteiger partial charge in [-0.1, -0.05) is 39.3 Å². The molecule has 1 unspecified atom stereocenters. The standard InChI is InChI=1S/C22H35ClN2O/c1-22(2,3)17-8-9-20(26-4)16(12-17)14-25-19-10-11-24-21(19)15-6-5-7-18(23)13-15/h8-9,12,15,18-19,21,24-25H,5-7,10-11,13-14H2,1-4H3/t15-,18?,19-,21-/m0/s1. The van der Waals surface area contributed by atoms with Gasteiger partial charge in [0.05, 0.1) is 7.11 Å². The van der Waals surface area contributed by atoms with Crippen LogP contribution in [-0.4, -0.2) is 31.1 Å². The Kier molecular flexibility index (Phi) is 6.53. The zero-order chi connectivity index (χ0) is 18.7. The second kappa shape index (κ2) is 8.50. The maximum atomic E-state index is 6.45. The van der Waals surface area contributed by atoms with Crippen molar-refractivity contribution in [2.24, 2.45) is 5.92 Å². The van der Waals surface area contributed by atoms with Gasteiger partial charge >= 0.3 is 0 Å². The summed E-state index contributed by atoms with van der Waals surface area (Å²) in [6.45, 7) is 8.73. The molecule has 0 radical (unpaired) electrons. The molecule has 2 fully saturated rings. The van der Waals surface area contributed by atoms with Gasteiger partial charge in [-0.05, 0) is 55.2 Å². The first kappa shape index (κ1) is 20.0. The predicted octanol–water partition coefficient (Wildman–Crippen LogP) is 4.61. The first-order chi connectivity index (χ1) is 12.4. The number of ether oxygens (including phenoxy) is 1. The Balaban J connectivity index is 1.67. The first-order valence-corrected chi connectivity index (χ1v) is 10.6. The van der Waals surface area contributed by atoms with Crippen LogP contribution in [0.2, 0.25) is 0 Å². The van der Waals surface area contributed by atoms with Gasteiger partial charge in [0.1, 0.15) is 5.75 Å². The number of methoxy groups -OCH3 is 1. The maximum absolute atomic E-state index is 6.45. The van der Waals surface area contributed by atoms with E-state index in [4.69, 9.17) is 16.3 Å². The van der Waals surface area contributed by atoms with Crippen molar-refractivity contribution in [3.63, 3.8) is 0 Å². The van der Waals surface area contributed by atoms with Crippen molar-refractivity contribution in [2.45, 2.75) is 82.3 Å². The summed E-state index contributed by atoms with van der Waals surface area (Å²) >= 11 is 6.45. The van der Waals surface area contributed by atoms with E-state index >= 15 is 0 Å². The van der Waals surface area contributed by atoms with Crippen molar-refractivity contribution in [1.82, 2.24) is 10.6 Å². The molecule has 2 N–H and O–H groups in total. The molecule has 4 atom stereocenters. The Labute approximate surface area is 164 Å². The molecule has 1 aromatic carbocycles. The van der Waals surface area contributed by atoms with Crippen molar-refractivity contribution in [3.05, 3.63) is 29.3 Å². The van der Waals surface area contributed by atoms with E-state index in [0.29, 0.717) is 23.4 Å². The Hall–Kier alpha value is -0.770. The van der Waals surface area contributed by atoms with E-state index in [1.165, 1.54) is 36.8 Å². The van der Waals surface area contributed by atoms with Crippen LogP contribution >= 0.6 is 11.6 Å². The van der Waals surface area contributed by atoms with Crippen LogP contribution in [0.25, 0.3) is 0 Å². The molecule has 2 aliphatic rings. The molecule has 3 rings (SSSR count). The minimum absolute atomic E-state index is 0.149. The third-order valence-electron chi connectivity index (χ3n) is 6.13. The highest BCUT2D eigenvalue weighted by Crippen LogP contribution is 2.33. The highest BCUT2D eigenvalue weighted by atomic mass is 35.5.